The first-order valence-corrected chi connectivity index (χ1v) is 8.48. The maximum absolute atomic E-state index is 12.4. The number of hydrogen-bond donors (Lipinski definition) is 1. The van der Waals surface area contributed by atoms with Crippen molar-refractivity contribution in [3.63, 3.8) is 0 Å². The van der Waals surface area contributed by atoms with Gasteiger partial charge in [-0.2, -0.15) is 0 Å². The Labute approximate surface area is 158 Å². The van der Waals surface area contributed by atoms with Crippen molar-refractivity contribution in [3.8, 4) is 11.5 Å². The molecule has 1 atom stereocenters. The summed E-state index contributed by atoms with van der Waals surface area (Å²) in [6.07, 6.45) is 0.219. The van der Waals surface area contributed by atoms with E-state index in [4.69, 9.17) is 14.6 Å². The van der Waals surface area contributed by atoms with Crippen molar-refractivity contribution < 1.29 is 38.5 Å². The minimum absolute atomic E-state index is 0.0602. The average molecular weight is 395 g/mol. The van der Waals surface area contributed by atoms with E-state index in [1.165, 1.54) is 20.1 Å². The lowest BCUT2D eigenvalue weighted by atomic mass is 10.1. The van der Waals surface area contributed by atoms with Crippen molar-refractivity contribution >= 4 is 40.9 Å². The summed E-state index contributed by atoms with van der Waals surface area (Å²) < 4.78 is 15.1. The third-order valence-electron chi connectivity index (χ3n) is 3.55. The van der Waals surface area contributed by atoms with Gasteiger partial charge in [0.2, 0.25) is 0 Å². The van der Waals surface area contributed by atoms with Gasteiger partial charge in [0.15, 0.2) is 17.6 Å². The lowest BCUT2D eigenvalue weighted by Crippen LogP contribution is -2.34. The second-order valence-electron chi connectivity index (χ2n) is 5.32. The highest BCUT2D eigenvalue weighted by Crippen LogP contribution is 2.37. The number of hydrogen-bond acceptors (Lipinski definition) is 8. The number of ether oxygens (including phenoxy) is 3. The topological polar surface area (TPSA) is 119 Å². The highest BCUT2D eigenvalue weighted by atomic mass is 32.2. The molecule has 1 aliphatic rings. The number of carbonyl (C=O) groups is 4. The SMILES string of the molecule is COC(=O)CN1C(=O)S/C(=C/c2cccc(OC)c2O[C@H](C)C(=O)O)C1=O. The second-order valence-corrected chi connectivity index (χ2v) is 6.31. The van der Waals surface area contributed by atoms with Crippen LogP contribution in [-0.4, -0.2) is 60.0 Å². The number of nitrogens with zero attached hydrogens (tertiary/aromatic N) is 1. The van der Waals surface area contributed by atoms with Crippen LogP contribution in [0.5, 0.6) is 11.5 Å². The molecular formula is C17H17NO8S. The smallest absolute Gasteiger partial charge is 0.344 e. The number of carboxylic acid groups (broad SMARTS) is 1. The molecule has 0 unspecified atom stereocenters. The Hall–Kier alpha value is -3.01. The maximum Gasteiger partial charge on any atom is 0.344 e. The van der Waals surface area contributed by atoms with E-state index in [-0.39, 0.29) is 16.4 Å². The van der Waals surface area contributed by atoms with E-state index in [9.17, 15) is 19.2 Å². The average Bonchev–Trinajstić information content (AvgIpc) is 2.90. The van der Waals surface area contributed by atoms with Gasteiger partial charge in [0.1, 0.15) is 6.54 Å². The summed E-state index contributed by atoms with van der Waals surface area (Å²) in [5.41, 5.74) is 0.353. The molecule has 0 aromatic heterocycles. The molecule has 1 saturated heterocycles. The van der Waals surface area contributed by atoms with Crippen LogP contribution in [0.15, 0.2) is 23.1 Å². The van der Waals surface area contributed by atoms with E-state index < -0.39 is 35.7 Å². The summed E-state index contributed by atoms with van der Waals surface area (Å²) in [7, 11) is 2.54. The van der Waals surface area contributed by atoms with Gasteiger partial charge in [0.25, 0.3) is 11.1 Å². The van der Waals surface area contributed by atoms with Crippen molar-refractivity contribution in [1.82, 2.24) is 4.90 Å². The molecule has 9 nitrogen and oxygen atoms in total. The van der Waals surface area contributed by atoms with Crippen LogP contribution in [0.4, 0.5) is 4.79 Å². The Kier molecular flexibility index (Phi) is 6.45. The molecule has 1 fully saturated rings. The molecular weight excluding hydrogens is 378 g/mol. The maximum atomic E-state index is 12.4. The zero-order chi connectivity index (χ0) is 20.1. The van der Waals surface area contributed by atoms with E-state index in [0.29, 0.717) is 17.3 Å². The van der Waals surface area contributed by atoms with E-state index in [2.05, 4.69) is 4.74 Å². The fraction of sp³-hybridized carbons (Fsp3) is 0.294. The van der Waals surface area contributed by atoms with Crippen LogP contribution in [-0.2, 0) is 19.1 Å². The van der Waals surface area contributed by atoms with Crippen LogP contribution < -0.4 is 9.47 Å². The molecule has 0 aliphatic carbocycles. The van der Waals surface area contributed by atoms with Crippen LogP contribution >= 0.6 is 11.8 Å². The predicted molar refractivity (Wildman–Crippen MR) is 95.4 cm³/mol. The normalized spacial score (nSPS) is 16.4. The summed E-state index contributed by atoms with van der Waals surface area (Å²) in [4.78, 5) is 47.7. The van der Waals surface area contributed by atoms with Gasteiger partial charge in [0.05, 0.1) is 19.1 Å². The number of carboxylic acids is 1. The molecule has 0 radical (unpaired) electrons. The van der Waals surface area contributed by atoms with Gasteiger partial charge in [-0.15, -0.1) is 0 Å². The van der Waals surface area contributed by atoms with Gasteiger partial charge >= 0.3 is 11.9 Å². The second kappa shape index (κ2) is 8.58. The number of methoxy groups -OCH3 is 2. The molecule has 10 heteroatoms. The zero-order valence-corrected chi connectivity index (χ0v) is 15.6. The van der Waals surface area contributed by atoms with Gasteiger partial charge in [-0.05, 0) is 30.8 Å². The van der Waals surface area contributed by atoms with Crippen LogP contribution in [0.25, 0.3) is 6.08 Å². The fourth-order valence-electron chi connectivity index (χ4n) is 2.13. The third-order valence-corrected chi connectivity index (χ3v) is 4.45. The Morgan fingerprint density at radius 1 is 1.30 bits per heavy atom. The number of esters is 1. The Morgan fingerprint density at radius 3 is 2.59 bits per heavy atom. The molecule has 1 heterocycles. The highest BCUT2D eigenvalue weighted by Gasteiger charge is 2.36. The third kappa shape index (κ3) is 4.59. The highest BCUT2D eigenvalue weighted by molar-refractivity contribution is 8.18. The van der Waals surface area contributed by atoms with Gasteiger partial charge < -0.3 is 19.3 Å². The molecule has 0 bridgehead atoms. The first-order valence-electron chi connectivity index (χ1n) is 7.67. The van der Waals surface area contributed by atoms with E-state index in [0.717, 1.165) is 12.0 Å². The van der Waals surface area contributed by atoms with Gasteiger partial charge in [-0.25, -0.2) is 4.79 Å². The van der Waals surface area contributed by atoms with Crippen molar-refractivity contribution in [2.45, 2.75) is 13.0 Å². The van der Waals surface area contributed by atoms with Crippen molar-refractivity contribution in [1.29, 1.82) is 0 Å². The number of para-hydroxylation sites is 1. The van der Waals surface area contributed by atoms with Crippen molar-refractivity contribution in [2.24, 2.45) is 0 Å². The van der Waals surface area contributed by atoms with Crippen molar-refractivity contribution in [3.05, 3.63) is 28.7 Å². The monoisotopic (exact) mass is 395 g/mol. The summed E-state index contributed by atoms with van der Waals surface area (Å²) in [5, 5.41) is 8.46. The molecule has 27 heavy (non-hydrogen) atoms. The molecule has 1 aromatic carbocycles. The lowest BCUT2D eigenvalue weighted by Gasteiger charge is -2.16. The standard InChI is InChI=1S/C17H17NO8S/c1-9(16(21)22)26-14-10(5-4-6-11(14)24-2)7-12-15(20)18(17(23)27-12)8-13(19)25-3/h4-7,9H,8H2,1-3H3,(H,21,22)/b12-7+/t9-/m1/s1. The van der Waals surface area contributed by atoms with E-state index >= 15 is 0 Å². The molecule has 2 rings (SSSR count). The van der Waals surface area contributed by atoms with Crippen LogP contribution in [0, 0.1) is 0 Å². The quantitative estimate of drug-likeness (QED) is 0.544. The number of thioether (sulfide) groups is 1. The Balaban J connectivity index is 2.38. The summed E-state index contributed by atoms with van der Waals surface area (Å²) in [6.45, 7) is 0.860. The Bertz CT molecular complexity index is 819. The van der Waals surface area contributed by atoms with Gasteiger partial charge in [0, 0.05) is 5.56 Å². The van der Waals surface area contributed by atoms with Crippen LogP contribution in [0.2, 0.25) is 0 Å². The molecule has 1 aromatic rings. The minimum Gasteiger partial charge on any atom is -0.493 e. The number of benzene rings is 1. The zero-order valence-electron chi connectivity index (χ0n) is 14.8. The molecule has 0 spiro atoms. The number of carbonyl (C=O) groups excluding carboxylic acids is 3. The first-order chi connectivity index (χ1) is 12.8. The summed E-state index contributed by atoms with van der Waals surface area (Å²) in [6, 6.07) is 4.78. The Morgan fingerprint density at radius 2 is 2.00 bits per heavy atom. The number of imide groups is 1. The summed E-state index contributed by atoms with van der Waals surface area (Å²) >= 11 is 0.655. The lowest BCUT2D eigenvalue weighted by molar-refractivity contribution is -0.144. The molecule has 1 N–H and O–H groups in total. The van der Waals surface area contributed by atoms with Crippen molar-refractivity contribution in [2.75, 3.05) is 20.8 Å². The summed E-state index contributed by atoms with van der Waals surface area (Å²) in [5.74, 6) is -2.17. The molecule has 1 aliphatic heterocycles. The largest absolute Gasteiger partial charge is 0.493 e. The van der Waals surface area contributed by atoms with Crippen LogP contribution in [0.3, 0.4) is 0 Å². The minimum atomic E-state index is -1.18. The molecule has 2 amide bonds. The first kappa shape index (κ1) is 20.3. The number of aliphatic carboxylic acids is 1. The molecule has 0 saturated carbocycles. The van der Waals surface area contributed by atoms with E-state index in [1.54, 1.807) is 18.2 Å². The van der Waals surface area contributed by atoms with Gasteiger partial charge in [-0.1, -0.05) is 12.1 Å². The number of rotatable bonds is 7. The molecule has 144 valence electrons. The van der Waals surface area contributed by atoms with Crippen LogP contribution in [0.1, 0.15) is 12.5 Å². The number of amides is 2. The van der Waals surface area contributed by atoms with Gasteiger partial charge in [-0.3, -0.25) is 19.3 Å². The predicted octanol–water partition coefficient (Wildman–Crippen LogP) is 1.76. The fourth-order valence-corrected chi connectivity index (χ4v) is 2.96. The van der Waals surface area contributed by atoms with E-state index in [1.807, 2.05) is 0 Å².